The first-order valence-corrected chi connectivity index (χ1v) is 6.11. The second kappa shape index (κ2) is 4.07. The standard InChI is InChI=1S/C12H19NO3/c1-2-12(11(15)16)5-7-13(8-6-12)10(14)9-3-4-9/h9H,2-8H2,1H3,(H,15,16). The van der Waals surface area contributed by atoms with E-state index in [-0.39, 0.29) is 11.8 Å². The van der Waals surface area contributed by atoms with Crippen molar-refractivity contribution in [2.24, 2.45) is 11.3 Å². The van der Waals surface area contributed by atoms with E-state index in [4.69, 9.17) is 0 Å². The number of hydrogen-bond acceptors (Lipinski definition) is 2. The summed E-state index contributed by atoms with van der Waals surface area (Å²) in [5, 5.41) is 9.23. The first-order valence-electron chi connectivity index (χ1n) is 6.11. The average molecular weight is 225 g/mol. The van der Waals surface area contributed by atoms with Crippen molar-refractivity contribution in [2.75, 3.05) is 13.1 Å². The van der Waals surface area contributed by atoms with E-state index < -0.39 is 11.4 Å². The van der Waals surface area contributed by atoms with Gasteiger partial charge in [0.2, 0.25) is 5.91 Å². The van der Waals surface area contributed by atoms with Gasteiger partial charge in [0.15, 0.2) is 0 Å². The Morgan fingerprint density at radius 2 is 1.88 bits per heavy atom. The molecule has 1 saturated heterocycles. The van der Waals surface area contributed by atoms with Crippen LogP contribution in [0.1, 0.15) is 39.0 Å². The van der Waals surface area contributed by atoms with Gasteiger partial charge in [-0.1, -0.05) is 6.92 Å². The minimum absolute atomic E-state index is 0.245. The summed E-state index contributed by atoms with van der Waals surface area (Å²) in [6.07, 6.45) is 3.92. The lowest BCUT2D eigenvalue weighted by Crippen LogP contribution is -2.46. The Balaban J connectivity index is 1.94. The predicted octanol–water partition coefficient (Wildman–Crippen LogP) is 1.50. The van der Waals surface area contributed by atoms with Crippen LogP contribution in [0.3, 0.4) is 0 Å². The quantitative estimate of drug-likeness (QED) is 0.791. The zero-order valence-electron chi connectivity index (χ0n) is 9.74. The number of carboxylic acid groups (broad SMARTS) is 1. The van der Waals surface area contributed by atoms with Gasteiger partial charge in [-0.3, -0.25) is 9.59 Å². The molecule has 2 aliphatic rings. The highest BCUT2D eigenvalue weighted by Crippen LogP contribution is 2.37. The van der Waals surface area contributed by atoms with Crippen molar-refractivity contribution >= 4 is 11.9 Å². The molecule has 1 aliphatic carbocycles. The number of amides is 1. The average Bonchev–Trinajstić information content (AvgIpc) is 3.12. The Labute approximate surface area is 95.6 Å². The maximum absolute atomic E-state index is 11.8. The van der Waals surface area contributed by atoms with Gasteiger partial charge >= 0.3 is 5.97 Å². The van der Waals surface area contributed by atoms with Crippen LogP contribution in [0.25, 0.3) is 0 Å². The third kappa shape index (κ3) is 1.93. The van der Waals surface area contributed by atoms with Crippen LogP contribution in [0.4, 0.5) is 0 Å². The molecular formula is C12H19NO3. The van der Waals surface area contributed by atoms with E-state index in [0.29, 0.717) is 32.4 Å². The molecule has 1 heterocycles. The minimum atomic E-state index is -0.700. The molecule has 0 atom stereocenters. The molecule has 0 spiro atoms. The molecule has 4 heteroatoms. The predicted molar refractivity (Wildman–Crippen MR) is 58.9 cm³/mol. The van der Waals surface area contributed by atoms with Crippen LogP contribution >= 0.6 is 0 Å². The van der Waals surface area contributed by atoms with E-state index in [9.17, 15) is 14.7 Å². The second-order valence-corrected chi connectivity index (χ2v) is 5.04. The maximum Gasteiger partial charge on any atom is 0.309 e. The van der Waals surface area contributed by atoms with Crippen LogP contribution in [-0.2, 0) is 9.59 Å². The topological polar surface area (TPSA) is 57.6 Å². The van der Waals surface area contributed by atoms with Crippen LogP contribution < -0.4 is 0 Å². The first-order chi connectivity index (χ1) is 7.59. The van der Waals surface area contributed by atoms with E-state index in [0.717, 1.165) is 12.8 Å². The van der Waals surface area contributed by atoms with E-state index in [1.807, 2.05) is 11.8 Å². The molecule has 0 aromatic heterocycles. The largest absolute Gasteiger partial charge is 0.481 e. The zero-order valence-corrected chi connectivity index (χ0v) is 9.74. The van der Waals surface area contributed by atoms with Crippen molar-refractivity contribution in [3.05, 3.63) is 0 Å². The number of carboxylic acids is 1. The highest BCUT2D eigenvalue weighted by Gasteiger charge is 2.42. The highest BCUT2D eigenvalue weighted by atomic mass is 16.4. The fraction of sp³-hybridized carbons (Fsp3) is 0.833. The van der Waals surface area contributed by atoms with Gasteiger partial charge in [0.1, 0.15) is 0 Å². The van der Waals surface area contributed by atoms with Crippen molar-refractivity contribution in [3.63, 3.8) is 0 Å². The van der Waals surface area contributed by atoms with Crippen molar-refractivity contribution < 1.29 is 14.7 Å². The number of rotatable bonds is 3. The smallest absolute Gasteiger partial charge is 0.309 e. The van der Waals surface area contributed by atoms with Gasteiger partial charge in [-0.2, -0.15) is 0 Å². The molecule has 1 saturated carbocycles. The highest BCUT2D eigenvalue weighted by molar-refractivity contribution is 5.81. The lowest BCUT2D eigenvalue weighted by atomic mass is 9.76. The molecule has 0 aromatic rings. The summed E-state index contributed by atoms with van der Waals surface area (Å²) >= 11 is 0. The summed E-state index contributed by atoms with van der Waals surface area (Å²) in [5.41, 5.74) is -0.583. The molecule has 1 aliphatic heterocycles. The molecule has 0 aromatic carbocycles. The summed E-state index contributed by atoms with van der Waals surface area (Å²) in [7, 11) is 0. The molecule has 1 N–H and O–H groups in total. The molecule has 2 rings (SSSR count). The molecule has 4 nitrogen and oxygen atoms in total. The Morgan fingerprint density at radius 3 is 2.25 bits per heavy atom. The van der Waals surface area contributed by atoms with Crippen LogP contribution in [0.2, 0.25) is 0 Å². The van der Waals surface area contributed by atoms with Crippen LogP contribution in [0, 0.1) is 11.3 Å². The van der Waals surface area contributed by atoms with Crippen molar-refractivity contribution in [3.8, 4) is 0 Å². The summed E-state index contributed by atoms with van der Waals surface area (Å²) in [6, 6.07) is 0. The van der Waals surface area contributed by atoms with Crippen LogP contribution in [-0.4, -0.2) is 35.0 Å². The second-order valence-electron chi connectivity index (χ2n) is 5.04. The summed E-state index contributed by atoms with van der Waals surface area (Å²) < 4.78 is 0. The summed E-state index contributed by atoms with van der Waals surface area (Å²) in [4.78, 5) is 24.9. The number of piperidine rings is 1. The van der Waals surface area contributed by atoms with Gasteiger partial charge in [0, 0.05) is 19.0 Å². The minimum Gasteiger partial charge on any atom is -0.481 e. The molecule has 0 bridgehead atoms. The van der Waals surface area contributed by atoms with Crippen LogP contribution in [0.5, 0.6) is 0 Å². The molecule has 2 fully saturated rings. The van der Waals surface area contributed by atoms with Gasteiger partial charge in [-0.15, -0.1) is 0 Å². The Bertz CT molecular complexity index is 301. The van der Waals surface area contributed by atoms with Crippen molar-refractivity contribution in [2.45, 2.75) is 39.0 Å². The monoisotopic (exact) mass is 225 g/mol. The molecular weight excluding hydrogens is 206 g/mol. The molecule has 0 radical (unpaired) electrons. The molecule has 90 valence electrons. The third-order valence-electron chi connectivity index (χ3n) is 4.09. The number of carbonyl (C=O) groups excluding carboxylic acids is 1. The SMILES string of the molecule is CCC1(C(=O)O)CCN(C(=O)C2CC2)CC1. The van der Waals surface area contributed by atoms with Gasteiger partial charge in [-0.05, 0) is 32.1 Å². The number of aliphatic carboxylic acids is 1. The molecule has 0 unspecified atom stereocenters. The van der Waals surface area contributed by atoms with E-state index in [1.165, 1.54) is 0 Å². The Hall–Kier alpha value is -1.06. The molecule has 1 amide bonds. The Morgan fingerprint density at radius 1 is 1.31 bits per heavy atom. The fourth-order valence-corrected chi connectivity index (χ4v) is 2.46. The van der Waals surface area contributed by atoms with Crippen molar-refractivity contribution in [1.82, 2.24) is 4.90 Å². The normalized spacial score (nSPS) is 24.2. The van der Waals surface area contributed by atoms with Gasteiger partial charge in [-0.25, -0.2) is 0 Å². The summed E-state index contributed by atoms with van der Waals surface area (Å²) in [6.45, 7) is 3.16. The van der Waals surface area contributed by atoms with Crippen LogP contribution in [0.15, 0.2) is 0 Å². The number of likely N-dealkylation sites (tertiary alicyclic amines) is 1. The fourth-order valence-electron chi connectivity index (χ4n) is 2.46. The van der Waals surface area contributed by atoms with Crippen molar-refractivity contribution in [1.29, 1.82) is 0 Å². The first kappa shape index (κ1) is 11.4. The number of carbonyl (C=O) groups is 2. The van der Waals surface area contributed by atoms with Gasteiger partial charge < -0.3 is 10.0 Å². The number of nitrogens with zero attached hydrogens (tertiary/aromatic N) is 1. The van der Waals surface area contributed by atoms with E-state index >= 15 is 0 Å². The van der Waals surface area contributed by atoms with Gasteiger partial charge in [0.05, 0.1) is 5.41 Å². The zero-order chi connectivity index (χ0) is 11.8. The third-order valence-corrected chi connectivity index (χ3v) is 4.09. The van der Waals surface area contributed by atoms with E-state index in [2.05, 4.69) is 0 Å². The van der Waals surface area contributed by atoms with Gasteiger partial charge in [0.25, 0.3) is 0 Å². The lowest BCUT2D eigenvalue weighted by Gasteiger charge is -2.38. The van der Waals surface area contributed by atoms with E-state index in [1.54, 1.807) is 0 Å². The summed E-state index contributed by atoms with van der Waals surface area (Å²) in [5.74, 6) is -0.206. The Kier molecular flexibility index (Phi) is 2.91. The number of hydrogen-bond donors (Lipinski definition) is 1. The lowest BCUT2D eigenvalue weighted by molar-refractivity contribution is -0.154. The maximum atomic E-state index is 11.8. The molecule has 16 heavy (non-hydrogen) atoms.